The molecule has 0 saturated carbocycles. The molecule has 5 rings (SSSR count). The maximum absolute atomic E-state index is 13.3. The Hall–Kier alpha value is -4.31. The molecule has 1 saturated heterocycles. The van der Waals surface area contributed by atoms with Crippen molar-refractivity contribution in [1.82, 2.24) is 20.2 Å². The number of fused-ring (bicyclic) bond motifs is 4. The van der Waals surface area contributed by atoms with E-state index in [9.17, 15) is 14.4 Å². The second-order valence-electron chi connectivity index (χ2n) is 9.41. The first-order valence-electron chi connectivity index (χ1n) is 12.7. The summed E-state index contributed by atoms with van der Waals surface area (Å²) in [5.41, 5.74) is 3.34. The number of rotatable bonds is 3. The molecule has 2 aromatic carbocycles. The second kappa shape index (κ2) is 11.6. The van der Waals surface area contributed by atoms with Crippen molar-refractivity contribution in [3.8, 4) is 11.3 Å². The molecule has 0 spiro atoms. The van der Waals surface area contributed by atoms with Crippen molar-refractivity contribution in [3.63, 3.8) is 0 Å². The Morgan fingerprint density at radius 2 is 2.05 bits per heavy atom. The van der Waals surface area contributed by atoms with Crippen LogP contribution in [0.15, 0.2) is 60.8 Å². The molecule has 3 heterocycles. The molecule has 10 nitrogen and oxygen atoms in total. The van der Waals surface area contributed by atoms with Crippen LogP contribution in [-0.2, 0) is 9.53 Å². The van der Waals surface area contributed by atoms with Gasteiger partial charge in [0.05, 0.1) is 36.8 Å². The highest BCUT2D eigenvalue weighted by molar-refractivity contribution is 6.30. The van der Waals surface area contributed by atoms with Crippen molar-refractivity contribution in [2.45, 2.75) is 37.8 Å². The topological polar surface area (TPSA) is 128 Å². The van der Waals surface area contributed by atoms with E-state index in [-0.39, 0.29) is 30.4 Å². The third-order valence-corrected chi connectivity index (χ3v) is 7.07. The number of aromatic amines is 1. The number of aromatic nitrogens is 2. The van der Waals surface area contributed by atoms with Crippen LogP contribution in [0.2, 0.25) is 5.02 Å². The zero-order valence-corrected chi connectivity index (χ0v) is 22.1. The fourth-order valence-corrected chi connectivity index (χ4v) is 5.07. The summed E-state index contributed by atoms with van der Waals surface area (Å²) < 4.78 is 4.68. The molecule has 1 fully saturated rings. The van der Waals surface area contributed by atoms with Gasteiger partial charge in [0.1, 0.15) is 5.82 Å². The van der Waals surface area contributed by atoms with Crippen LogP contribution in [0.4, 0.5) is 21.0 Å². The Labute approximate surface area is 230 Å². The van der Waals surface area contributed by atoms with Crippen LogP contribution in [0.25, 0.3) is 11.3 Å². The average molecular weight is 549 g/mol. The highest BCUT2D eigenvalue weighted by Crippen LogP contribution is 2.34. The zero-order chi connectivity index (χ0) is 27.4. The number of hydrogen-bond acceptors (Lipinski definition) is 5. The average Bonchev–Trinajstić information content (AvgIpc) is 3.40. The number of methoxy groups -OCH3 is 1. The van der Waals surface area contributed by atoms with Crippen molar-refractivity contribution >= 4 is 41.0 Å². The quantitative estimate of drug-likeness (QED) is 0.308. The number of H-pyrrole nitrogens is 1. The Morgan fingerprint density at radius 1 is 1.18 bits per heavy atom. The summed E-state index contributed by atoms with van der Waals surface area (Å²) in [5, 5.41) is 9.31. The number of halogens is 1. The molecule has 1 aromatic heterocycles. The molecule has 202 valence electrons. The van der Waals surface area contributed by atoms with Crippen LogP contribution in [0.5, 0.6) is 0 Å². The van der Waals surface area contributed by atoms with E-state index < -0.39 is 6.09 Å². The summed E-state index contributed by atoms with van der Waals surface area (Å²) in [4.78, 5) is 47.5. The molecule has 2 aliphatic heterocycles. The summed E-state index contributed by atoms with van der Waals surface area (Å²) in [7, 11) is 1.28. The van der Waals surface area contributed by atoms with Gasteiger partial charge in [-0.05, 0) is 55.2 Å². The summed E-state index contributed by atoms with van der Waals surface area (Å²) >= 11 is 6.16. The molecule has 2 aliphatic rings. The SMILES string of the molecule is COC(=O)Nc1ccc2c(c1)NC(=O)CCC=CCC(N1CCC(c3cccc(Cl)c3)NC1=O)c1ncc-2[nH]1. The van der Waals surface area contributed by atoms with E-state index in [2.05, 4.69) is 30.7 Å². The maximum Gasteiger partial charge on any atom is 0.411 e. The molecule has 3 aromatic rings. The molecule has 4 N–H and O–H groups in total. The lowest BCUT2D eigenvalue weighted by Crippen LogP contribution is -2.49. The number of benzene rings is 2. The molecule has 2 atom stereocenters. The first kappa shape index (κ1) is 26.3. The van der Waals surface area contributed by atoms with Crippen molar-refractivity contribution in [2.24, 2.45) is 0 Å². The number of allylic oxidation sites excluding steroid dienone is 1. The van der Waals surface area contributed by atoms with Crippen LogP contribution in [0, 0.1) is 0 Å². The standard InChI is InChI=1S/C28H29ClN6O4/c1-39-28(38)31-19-10-11-20-22(15-19)32-25(36)9-4-2-3-8-24(26-30-16-23(20)33-26)35-13-12-21(34-27(35)37)17-6-5-7-18(29)14-17/h2-3,5-7,10-11,14-16,21,24H,4,8-9,12-13H2,1H3,(H,30,33)(H,31,38)(H,32,36)(H,34,37). The Bertz CT molecular complexity index is 1420. The molecular formula is C28H29ClN6O4. The first-order valence-corrected chi connectivity index (χ1v) is 13.1. The number of urea groups is 1. The minimum absolute atomic E-state index is 0.123. The lowest BCUT2D eigenvalue weighted by Gasteiger charge is -2.37. The van der Waals surface area contributed by atoms with E-state index in [1.54, 1.807) is 29.3 Å². The predicted molar refractivity (Wildman–Crippen MR) is 148 cm³/mol. The lowest BCUT2D eigenvalue weighted by molar-refractivity contribution is -0.116. The van der Waals surface area contributed by atoms with Crippen LogP contribution < -0.4 is 16.0 Å². The summed E-state index contributed by atoms with van der Waals surface area (Å²) in [6.45, 7) is 0.538. The number of carbonyl (C=O) groups is 3. The number of imidazole rings is 1. The van der Waals surface area contributed by atoms with Gasteiger partial charge in [-0.3, -0.25) is 10.1 Å². The van der Waals surface area contributed by atoms with E-state index in [4.69, 9.17) is 11.6 Å². The molecule has 39 heavy (non-hydrogen) atoms. The lowest BCUT2D eigenvalue weighted by atomic mass is 10.0. The molecule has 2 bridgehead atoms. The van der Waals surface area contributed by atoms with Crippen LogP contribution in [0.1, 0.15) is 49.2 Å². The third-order valence-electron chi connectivity index (χ3n) is 6.84. The minimum Gasteiger partial charge on any atom is -0.453 e. The number of ether oxygens (including phenoxy) is 1. The number of nitrogens with one attached hydrogen (secondary N) is 4. The van der Waals surface area contributed by atoms with Crippen LogP contribution >= 0.6 is 11.6 Å². The molecule has 2 unspecified atom stereocenters. The Kier molecular flexibility index (Phi) is 7.83. The Morgan fingerprint density at radius 3 is 2.85 bits per heavy atom. The monoisotopic (exact) mass is 548 g/mol. The van der Waals surface area contributed by atoms with Gasteiger partial charge in [-0.1, -0.05) is 35.9 Å². The summed E-state index contributed by atoms with van der Waals surface area (Å²) in [6, 6.07) is 12.1. The first-order chi connectivity index (χ1) is 18.9. The smallest absolute Gasteiger partial charge is 0.411 e. The van der Waals surface area contributed by atoms with Gasteiger partial charge in [0.2, 0.25) is 5.91 Å². The molecule has 4 amide bonds. The fourth-order valence-electron chi connectivity index (χ4n) is 4.87. The van der Waals surface area contributed by atoms with Crippen molar-refractivity contribution < 1.29 is 19.1 Å². The van der Waals surface area contributed by atoms with Gasteiger partial charge in [0.15, 0.2) is 0 Å². The van der Waals surface area contributed by atoms with Gasteiger partial charge in [-0.25, -0.2) is 14.6 Å². The number of hydrogen-bond donors (Lipinski definition) is 4. The van der Waals surface area contributed by atoms with E-state index in [1.807, 2.05) is 36.4 Å². The van der Waals surface area contributed by atoms with Gasteiger partial charge < -0.3 is 25.3 Å². The number of anilines is 2. The van der Waals surface area contributed by atoms with Crippen LogP contribution in [0.3, 0.4) is 0 Å². The molecule has 11 heteroatoms. The van der Waals surface area contributed by atoms with Crippen molar-refractivity contribution in [1.29, 1.82) is 0 Å². The number of carbonyl (C=O) groups excluding carboxylic acids is 3. The fraction of sp³-hybridized carbons (Fsp3) is 0.286. The minimum atomic E-state index is -0.611. The van der Waals surface area contributed by atoms with Crippen molar-refractivity contribution in [3.05, 3.63) is 77.2 Å². The van der Waals surface area contributed by atoms with Gasteiger partial charge in [-0.2, -0.15) is 0 Å². The highest BCUT2D eigenvalue weighted by atomic mass is 35.5. The predicted octanol–water partition coefficient (Wildman–Crippen LogP) is 5.78. The Balaban J connectivity index is 1.43. The largest absolute Gasteiger partial charge is 0.453 e. The number of nitrogens with zero attached hydrogens (tertiary/aromatic N) is 2. The number of amides is 4. The van der Waals surface area contributed by atoms with E-state index >= 15 is 0 Å². The van der Waals surface area contributed by atoms with Gasteiger partial charge >= 0.3 is 12.1 Å². The van der Waals surface area contributed by atoms with Gasteiger partial charge in [0.25, 0.3) is 0 Å². The molecule has 0 aliphatic carbocycles. The van der Waals surface area contributed by atoms with Gasteiger partial charge in [-0.15, -0.1) is 0 Å². The molecule has 0 radical (unpaired) electrons. The zero-order valence-electron chi connectivity index (χ0n) is 21.4. The second-order valence-corrected chi connectivity index (χ2v) is 9.84. The van der Waals surface area contributed by atoms with Crippen molar-refractivity contribution in [2.75, 3.05) is 24.3 Å². The summed E-state index contributed by atoms with van der Waals surface area (Å²) in [6.07, 6.45) is 7.09. The third kappa shape index (κ3) is 6.06. The highest BCUT2D eigenvalue weighted by Gasteiger charge is 2.33. The van der Waals surface area contributed by atoms with E-state index in [0.717, 1.165) is 12.0 Å². The van der Waals surface area contributed by atoms with E-state index in [0.29, 0.717) is 52.9 Å². The van der Waals surface area contributed by atoms with Gasteiger partial charge in [0, 0.05) is 29.2 Å². The van der Waals surface area contributed by atoms with Crippen LogP contribution in [-0.4, -0.2) is 46.6 Å². The van der Waals surface area contributed by atoms with E-state index in [1.165, 1.54) is 7.11 Å². The summed E-state index contributed by atoms with van der Waals surface area (Å²) in [5.74, 6) is 0.480. The maximum atomic E-state index is 13.3. The molecular weight excluding hydrogens is 520 g/mol. The normalized spacial score (nSPS) is 19.5.